The summed E-state index contributed by atoms with van der Waals surface area (Å²) in [5, 5.41) is 6.83. The van der Waals surface area contributed by atoms with Crippen LogP contribution in [0.2, 0.25) is 0 Å². The molecule has 3 aromatic rings. The van der Waals surface area contributed by atoms with Gasteiger partial charge in [-0.1, -0.05) is 0 Å². The Kier molecular flexibility index (Phi) is 6.85. The Bertz CT molecular complexity index is 1180. The molecule has 1 aromatic heterocycles. The number of carbonyl (C=O) groups excluding carboxylic acids is 2. The molecular formula is C23H21F4N3O3. The Morgan fingerprint density at radius 3 is 2.36 bits per heavy atom. The quantitative estimate of drug-likeness (QED) is 0.412. The molecule has 0 atom stereocenters. The van der Waals surface area contributed by atoms with Crippen molar-refractivity contribution in [2.24, 2.45) is 0 Å². The zero-order valence-electron chi connectivity index (χ0n) is 18.1. The molecule has 0 aliphatic heterocycles. The maximum absolute atomic E-state index is 13.4. The number of aryl methyl sites for hydroxylation is 1. The second kappa shape index (κ2) is 9.43. The molecule has 10 heteroatoms. The third-order valence-corrected chi connectivity index (χ3v) is 5.15. The number of amides is 1. The fourth-order valence-electron chi connectivity index (χ4n) is 3.39. The highest BCUT2D eigenvalue weighted by Gasteiger charge is 2.34. The first-order chi connectivity index (χ1) is 15.5. The van der Waals surface area contributed by atoms with Gasteiger partial charge in [0.2, 0.25) is 0 Å². The van der Waals surface area contributed by atoms with E-state index >= 15 is 0 Å². The summed E-state index contributed by atoms with van der Waals surface area (Å²) in [5.74, 6) is -2.38. The number of hydrogen-bond acceptors (Lipinski definition) is 4. The number of nitrogens with zero attached hydrogens (tertiary/aromatic N) is 2. The molecule has 2 aromatic carbocycles. The number of anilines is 1. The number of benzene rings is 2. The molecule has 0 unspecified atom stereocenters. The Labute approximate surface area is 187 Å². The fourth-order valence-corrected chi connectivity index (χ4v) is 3.39. The summed E-state index contributed by atoms with van der Waals surface area (Å²) in [6, 6.07) is 8.55. The molecule has 0 fully saturated rings. The maximum Gasteiger partial charge on any atom is 0.419 e. The molecule has 0 aliphatic carbocycles. The van der Waals surface area contributed by atoms with Crippen LogP contribution in [0.1, 0.15) is 39.3 Å². The van der Waals surface area contributed by atoms with Gasteiger partial charge in [0.05, 0.1) is 24.1 Å². The average Bonchev–Trinajstić information content (AvgIpc) is 3.05. The highest BCUT2D eigenvalue weighted by molar-refractivity contribution is 6.04. The lowest BCUT2D eigenvalue weighted by Gasteiger charge is -2.11. The zero-order valence-corrected chi connectivity index (χ0v) is 18.1. The number of carbonyl (C=O) groups is 2. The van der Waals surface area contributed by atoms with Gasteiger partial charge in [0.25, 0.3) is 5.91 Å². The van der Waals surface area contributed by atoms with Crippen LogP contribution >= 0.6 is 0 Å². The Balaban J connectivity index is 1.77. The van der Waals surface area contributed by atoms with E-state index in [1.165, 1.54) is 19.2 Å². The highest BCUT2D eigenvalue weighted by Crippen LogP contribution is 2.33. The van der Waals surface area contributed by atoms with E-state index in [1.54, 1.807) is 16.8 Å². The summed E-state index contributed by atoms with van der Waals surface area (Å²) >= 11 is 0. The van der Waals surface area contributed by atoms with Gasteiger partial charge in [-0.2, -0.15) is 18.3 Å². The van der Waals surface area contributed by atoms with E-state index in [-0.39, 0.29) is 23.6 Å². The van der Waals surface area contributed by atoms with Crippen LogP contribution in [0.3, 0.4) is 0 Å². The molecule has 0 bridgehead atoms. The first kappa shape index (κ1) is 24.0. The highest BCUT2D eigenvalue weighted by atomic mass is 19.4. The smallest absolute Gasteiger partial charge is 0.419 e. The predicted octanol–water partition coefficient (Wildman–Crippen LogP) is 5.00. The van der Waals surface area contributed by atoms with Crippen LogP contribution in [0.15, 0.2) is 42.5 Å². The molecule has 1 heterocycles. The number of ether oxygens (including phenoxy) is 1. The Morgan fingerprint density at radius 2 is 1.76 bits per heavy atom. The summed E-state index contributed by atoms with van der Waals surface area (Å²) in [4.78, 5) is 23.9. The van der Waals surface area contributed by atoms with Crippen molar-refractivity contribution in [3.63, 3.8) is 0 Å². The normalized spacial score (nSPS) is 11.4. The molecule has 0 aliphatic rings. The van der Waals surface area contributed by atoms with Crippen molar-refractivity contribution in [1.29, 1.82) is 0 Å². The van der Waals surface area contributed by atoms with Crippen LogP contribution in [-0.4, -0.2) is 28.8 Å². The van der Waals surface area contributed by atoms with Gasteiger partial charge < -0.3 is 10.1 Å². The molecule has 0 radical (unpaired) electrons. The van der Waals surface area contributed by atoms with Gasteiger partial charge in [0.15, 0.2) is 0 Å². The van der Waals surface area contributed by atoms with Crippen molar-refractivity contribution >= 4 is 17.6 Å². The second-order valence-corrected chi connectivity index (χ2v) is 7.33. The molecular weight excluding hydrogens is 442 g/mol. The minimum Gasteiger partial charge on any atom is -0.469 e. The zero-order chi connectivity index (χ0) is 24.3. The number of methoxy groups -OCH3 is 1. The van der Waals surface area contributed by atoms with Gasteiger partial charge in [-0.3, -0.25) is 9.59 Å². The number of esters is 1. The van der Waals surface area contributed by atoms with Gasteiger partial charge in [-0.15, -0.1) is 0 Å². The van der Waals surface area contributed by atoms with E-state index in [0.717, 1.165) is 23.0 Å². The lowest BCUT2D eigenvalue weighted by atomic mass is 10.1. The maximum atomic E-state index is 13.4. The first-order valence-corrected chi connectivity index (χ1v) is 9.91. The van der Waals surface area contributed by atoms with Crippen molar-refractivity contribution in [3.8, 4) is 5.69 Å². The predicted molar refractivity (Wildman–Crippen MR) is 113 cm³/mol. The molecule has 33 heavy (non-hydrogen) atoms. The lowest BCUT2D eigenvalue weighted by molar-refractivity contribution is -0.141. The molecule has 3 rings (SSSR count). The van der Waals surface area contributed by atoms with E-state index in [4.69, 9.17) is 0 Å². The number of aromatic nitrogens is 2. The van der Waals surface area contributed by atoms with Gasteiger partial charge in [-0.25, -0.2) is 9.07 Å². The summed E-state index contributed by atoms with van der Waals surface area (Å²) in [5.41, 5.74) is 1.74. The monoisotopic (exact) mass is 463 g/mol. The lowest BCUT2D eigenvalue weighted by Crippen LogP contribution is -2.14. The van der Waals surface area contributed by atoms with Crippen LogP contribution in [0.25, 0.3) is 5.69 Å². The summed E-state index contributed by atoms with van der Waals surface area (Å²) in [6.07, 6.45) is -4.17. The fraction of sp³-hybridized carbons (Fsp3) is 0.261. The number of hydrogen-bond donors (Lipinski definition) is 1. The van der Waals surface area contributed by atoms with E-state index in [2.05, 4.69) is 15.2 Å². The Morgan fingerprint density at radius 1 is 1.09 bits per heavy atom. The van der Waals surface area contributed by atoms with Crippen molar-refractivity contribution < 1.29 is 31.9 Å². The average molecular weight is 463 g/mol. The largest absolute Gasteiger partial charge is 0.469 e. The number of halogens is 4. The molecule has 0 spiro atoms. The molecule has 1 amide bonds. The van der Waals surface area contributed by atoms with E-state index < -0.39 is 23.5 Å². The van der Waals surface area contributed by atoms with E-state index in [9.17, 15) is 27.2 Å². The van der Waals surface area contributed by atoms with Crippen molar-refractivity contribution in [2.75, 3.05) is 12.4 Å². The van der Waals surface area contributed by atoms with Crippen LogP contribution < -0.4 is 5.32 Å². The van der Waals surface area contributed by atoms with E-state index in [0.29, 0.717) is 24.2 Å². The third-order valence-electron chi connectivity index (χ3n) is 5.15. The topological polar surface area (TPSA) is 73.2 Å². The molecule has 6 nitrogen and oxygen atoms in total. The summed E-state index contributed by atoms with van der Waals surface area (Å²) in [7, 11) is 1.33. The van der Waals surface area contributed by atoms with Crippen LogP contribution in [0.5, 0.6) is 0 Å². The van der Waals surface area contributed by atoms with E-state index in [1.807, 2.05) is 13.8 Å². The molecule has 0 saturated carbocycles. The minimum absolute atomic E-state index is 0.174. The molecule has 1 N–H and O–H groups in total. The molecule has 174 valence electrons. The van der Waals surface area contributed by atoms with Gasteiger partial charge in [0, 0.05) is 23.4 Å². The van der Waals surface area contributed by atoms with Crippen LogP contribution in [0, 0.1) is 19.7 Å². The minimum atomic E-state index is -4.87. The summed E-state index contributed by atoms with van der Waals surface area (Å²) < 4.78 is 58.4. The molecule has 0 saturated heterocycles. The number of nitrogens with one attached hydrogen (secondary N) is 1. The van der Waals surface area contributed by atoms with Gasteiger partial charge in [0.1, 0.15) is 5.82 Å². The van der Waals surface area contributed by atoms with Crippen molar-refractivity contribution in [3.05, 3.63) is 76.4 Å². The van der Waals surface area contributed by atoms with Crippen LogP contribution in [-0.2, 0) is 22.1 Å². The Hall–Kier alpha value is -3.69. The summed E-state index contributed by atoms with van der Waals surface area (Å²) in [6.45, 7) is 3.69. The number of rotatable bonds is 6. The van der Waals surface area contributed by atoms with Crippen molar-refractivity contribution in [2.45, 2.75) is 32.9 Å². The third kappa shape index (κ3) is 5.39. The van der Waals surface area contributed by atoms with Crippen LogP contribution in [0.4, 0.5) is 23.2 Å². The van der Waals surface area contributed by atoms with Gasteiger partial charge >= 0.3 is 12.1 Å². The number of alkyl halides is 3. The SMILES string of the molecule is COC(=O)CCc1c(C)nn(-c2ccc(C(=O)Nc3ccc(F)c(C(F)(F)F)c3)cc2)c1C. The second-order valence-electron chi connectivity index (χ2n) is 7.33. The standard InChI is InChI=1S/C23H21F4N3O3/c1-13-18(9-11-21(31)33-3)14(2)30(29-13)17-7-4-15(5-8-17)22(32)28-16-6-10-20(24)19(12-16)23(25,26)27/h4-8,10,12H,9,11H2,1-3H3,(H,28,32). The van der Waals surface area contributed by atoms with Crippen molar-refractivity contribution in [1.82, 2.24) is 9.78 Å². The van der Waals surface area contributed by atoms with Gasteiger partial charge in [-0.05, 0) is 68.3 Å². The first-order valence-electron chi connectivity index (χ1n) is 9.91.